The summed E-state index contributed by atoms with van der Waals surface area (Å²) in [4.78, 5) is 18.6. The van der Waals surface area contributed by atoms with E-state index in [9.17, 15) is 4.79 Å². The molecule has 2 aromatic heterocycles. The van der Waals surface area contributed by atoms with Gasteiger partial charge in [0.05, 0.1) is 5.69 Å². The molecule has 4 nitrogen and oxygen atoms in total. The molecule has 4 rings (SSSR count). The Morgan fingerprint density at radius 2 is 2.19 bits per heavy atom. The van der Waals surface area contributed by atoms with E-state index in [-0.39, 0.29) is 5.91 Å². The molecule has 0 aliphatic heterocycles. The number of pyridine rings is 1. The van der Waals surface area contributed by atoms with Crippen molar-refractivity contribution in [2.24, 2.45) is 5.92 Å². The molecule has 0 aromatic carbocycles. The number of aryl methyl sites for hydroxylation is 2. The van der Waals surface area contributed by atoms with Gasteiger partial charge in [0.2, 0.25) is 0 Å². The Kier molecular flexibility index (Phi) is 2.92. The average Bonchev–Trinajstić information content (AvgIpc) is 3.07. The summed E-state index contributed by atoms with van der Waals surface area (Å²) in [5, 5.41) is 4.01. The number of carbonyl (C=O) groups excluding carboxylic acids is 1. The molecule has 2 atom stereocenters. The topological polar surface area (TPSA) is 68.0 Å². The lowest BCUT2D eigenvalue weighted by Gasteiger charge is -2.14. The third-order valence-electron chi connectivity index (χ3n) is 4.63. The van der Waals surface area contributed by atoms with E-state index in [4.69, 9.17) is 10.7 Å². The molecule has 2 aromatic rings. The van der Waals surface area contributed by atoms with Crippen LogP contribution in [0.25, 0.3) is 10.2 Å². The van der Waals surface area contributed by atoms with E-state index < -0.39 is 0 Å². The summed E-state index contributed by atoms with van der Waals surface area (Å²) >= 11 is 1.43. The molecule has 0 radical (unpaired) electrons. The second kappa shape index (κ2) is 4.70. The Morgan fingerprint density at radius 3 is 2.95 bits per heavy atom. The van der Waals surface area contributed by atoms with E-state index in [0.717, 1.165) is 29.5 Å². The summed E-state index contributed by atoms with van der Waals surface area (Å²) in [6.07, 6.45) is 5.62. The second-order valence-corrected chi connectivity index (χ2v) is 7.29. The van der Waals surface area contributed by atoms with Gasteiger partial charge in [-0.25, -0.2) is 4.98 Å². The zero-order valence-corrected chi connectivity index (χ0v) is 12.9. The number of aromatic nitrogens is 1. The summed E-state index contributed by atoms with van der Waals surface area (Å²) < 4.78 is 0. The predicted octanol–water partition coefficient (Wildman–Crippen LogP) is 2.90. The first-order valence-corrected chi connectivity index (χ1v) is 8.47. The number of carbonyl (C=O) groups is 1. The van der Waals surface area contributed by atoms with Crippen LogP contribution in [0.1, 0.15) is 47.1 Å². The smallest absolute Gasteiger partial charge is 0.263 e. The van der Waals surface area contributed by atoms with Crippen LogP contribution in [0.5, 0.6) is 0 Å². The minimum Gasteiger partial charge on any atom is -0.397 e. The van der Waals surface area contributed by atoms with Gasteiger partial charge in [0.25, 0.3) is 5.91 Å². The largest absolute Gasteiger partial charge is 0.397 e. The van der Waals surface area contributed by atoms with Gasteiger partial charge in [0, 0.05) is 17.1 Å². The number of rotatable bonds is 2. The molecule has 110 valence electrons. The van der Waals surface area contributed by atoms with Crippen LogP contribution in [0.15, 0.2) is 6.07 Å². The van der Waals surface area contributed by atoms with Crippen LogP contribution in [0.2, 0.25) is 0 Å². The quantitative estimate of drug-likeness (QED) is 0.896. The highest BCUT2D eigenvalue weighted by Crippen LogP contribution is 2.36. The SMILES string of the molecule is CC1CC1NC(=O)c1sc2nc3c(cc2c1N)CCCC3. The Bertz CT molecular complexity index is 737. The number of hydrogen-bond acceptors (Lipinski definition) is 4. The molecule has 2 aliphatic rings. The zero-order chi connectivity index (χ0) is 14.6. The van der Waals surface area contributed by atoms with Crippen LogP contribution < -0.4 is 11.1 Å². The molecule has 0 bridgehead atoms. The van der Waals surface area contributed by atoms with Crippen LogP contribution in [0.4, 0.5) is 5.69 Å². The van der Waals surface area contributed by atoms with E-state index in [2.05, 4.69) is 18.3 Å². The maximum Gasteiger partial charge on any atom is 0.263 e. The standard InChI is InChI=1S/C16H19N3OS/c1-8-6-12(8)18-15(20)14-13(17)10-7-9-4-2-3-5-11(9)19-16(10)21-14/h7-8,12H,2-6,17H2,1H3,(H,18,20). The normalized spacial score (nSPS) is 23.9. The summed E-state index contributed by atoms with van der Waals surface area (Å²) in [5.41, 5.74) is 9.31. The van der Waals surface area contributed by atoms with Crippen LogP contribution in [-0.4, -0.2) is 16.9 Å². The lowest BCUT2D eigenvalue weighted by molar-refractivity contribution is 0.0954. The maximum atomic E-state index is 12.3. The first kappa shape index (κ1) is 13.1. The van der Waals surface area contributed by atoms with E-state index in [1.54, 1.807) is 0 Å². The Balaban J connectivity index is 1.73. The van der Waals surface area contributed by atoms with Crippen molar-refractivity contribution in [2.45, 2.75) is 45.1 Å². The molecule has 2 heterocycles. The summed E-state index contributed by atoms with van der Waals surface area (Å²) in [5.74, 6) is 0.554. The number of nitrogens with zero attached hydrogens (tertiary/aromatic N) is 1. The van der Waals surface area contributed by atoms with Crippen LogP contribution in [-0.2, 0) is 12.8 Å². The minimum atomic E-state index is -0.0391. The molecule has 1 amide bonds. The first-order valence-electron chi connectivity index (χ1n) is 7.65. The molecular weight excluding hydrogens is 282 g/mol. The zero-order valence-electron chi connectivity index (χ0n) is 12.1. The van der Waals surface area contributed by atoms with Crippen LogP contribution in [0, 0.1) is 5.92 Å². The predicted molar refractivity (Wildman–Crippen MR) is 85.7 cm³/mol. The third-order valence-corrected chi connectivity index (χ3v) is 5.75. The highest BCUT2D eigenvalue weighted by molar-refractivity contribution is 7.21. The lowest BCUT2D eigenvalue weighted by Crippen LogP contribution is -2.26. The van der Waals surface area contributed by atoms with Gasteiger partial charge in [-0.15, -0.1) is 11.3 Å². The first-order chi connectivity index (χ1) is 10.1. The van der Waals surface area contributed by atoms with Crippen molar-refractivity contribution in [3.05, 3.63) is 22.2 Å². The second-order valence-electron chi connectivity index (χ2n) is 6.29. The molecule has 3 N–H and O–H groups in total. The van der Waals surface area contributed by atoms with E-state index in [1.807, 2.05) is 0 Å². The van der Waals surface area contributed by atoms with Gasteiger partial charge in [-0.1, -0.05) is 6.92 Å². The van der Waals surface area contributed by atoms with Crippen molar-refractivity contribution in [1.29, 1.82) is 0 Å². The van der Waals surface area contributed by atoms with Crippen LogP contribution in [0.3, 0.4) is 0 Å². The Labute approximate surface area is 127 Å². The number of anilines is 1. The van der Waals surface area contributed by atoms with Crippen molar-refractivity contribution in [3.8, 4) is 0 Å². The minimum absolute atomic E-state index is 0.0391. The number of nitrogen functional groups attached to an aromatic ring is 1. The number of nitrogens with two attached hydrogens (primary N) is 1. The van der Waals surface area contributed by atoms with Crippen molar-refractivity contribution < 1.29 is 4.79 Å². The van der Waals surface area contributed by atoms with Crippen molar-refractivity contribution in [3.63, 3.8) is 0 Å². The molecule has 21 heavy (non-hydrogen) atoms. The van der Waals surface area contributed by atoms with Gasteiger partial charge in [-0.3, -0.25) is 4.79 Å². The Hall–Kier alpha value is -1.62. The van der Waals surface area contributed by atoms with Gasteiger partial charge >= 0.3 is 0 Å². The molecule has 2 unspecified atom stereocenters. The van der Waals surface area contributed by atoms with E-state index in [1.165, 1.54) is 35.4 Å². The number of nitrogens with one attached hydrogen (secondary N) is 1. The summed E-state index contributed by atoms with van der Waals surface area (Å²) in [6.45, 7) is 2.15. The number of amides is 1. The average molecular weight is 301 g/mol. The lowest BCUT2D eigenvalue weighted by atomic mass is 9.95. The molecule has 1 saturated carbocycles. The Morgan fingerprint density at radius 1 is 1.43 bits per heavy atom. The molecule has 2 aliphatic carbocycles. The molecule has 5 heteroatoms. The fourth-order valence-corrected chi connectivity index (χ4v) is 4.08. The van der Waals surface area contributed by atoms with Crippen LogP contribution >= 0.6 is 11.3 Å². The van der Waals surface area contributed by atoms with Gasteiger partial charge in [-0.05, 0) is 49.7 Å². The van der Waals surface area contributed by atoms with Gasteiger partial charge in [-0.2, -0.15) is 0 Å². The third kappa shape index (κ3) is 2.20. The van der Waals surface area contributed by atoms with E-state index >= 15 is 0 Å². The summed E-state index contributed by atoms with van der Waals surface area (Å²) in [7, 11) is 0. The molecular formula is C16H19N3OS. The van der Waals surface area contributed by atoms with E-state index in [0.29, 0.717) is 22.5 Å². The molecule has 0 spiro atoms. The maximum absolute atomic E-state index is 12.3. The number of fused-ring (bicyclic) bond motifs is 2. The van der Waals surface area contributed by atoms with Crippen molar-refractivity contribution >= 4 is 33.1 Å². The highest BCUT2D eigenvalue weighted by Gasteiger charge is 2.35. The van der Waals surface area contributed by atoms with Gasteiger partial charge in [0.15, 0.2) is 0 Å². The fraction of sp³-hybridized carbons (Fsp3) is 0.500. The molecule has 0 saturated heterocycles. The summed E-state index contributed by atoms with van der Waals surface area (Å²) in [6, 6.07) is 2.47. The van der Waals surface area contributed by atoms with Gasteiger partial charge in [0.1, 0.15) is 9.71 Å². The van der Waals surface area contributed by atoms with Crippen molar-refractivity contribution in [2.75, 3.05) is 5.73 Å². The number of hydrogen-bond donors (Lipinski definition) is 2. The van der Waals surface area contributed by atoms with Crippen molar-refractivity contribution in [1.82, 2.24) is 10.3 Å². The monoisotopic (exact) mass is 301 g/mol. The molecule has 1 fully saturated rings. The number of thiophene rings is 1. The van der Waals surface area contributed by atoms with Gasteiger partial charge < -0.3 is 11.1 Å². The fourth-order valence-electron chi connectivity index (χ4n) is 3.09. The highest BCUT2D eigenvalue weighted by atomic mass is 32.1.